The second-order valence-corrected chi connectivity index (χ2v) is 6.70. The molecule has 5 atom stereocenters. The van der Waals surface area contributed by atoms with Crippen LogP contribution in [0.25, 0.3) is 0 Å². The summed E-state index contributed by atoms with van der Waals surface area (Å²) < 4.78 is 0. The van der Waals surface area contributed by atoms with Gasteiger partial charge in [0.2, 0.25) is 11.8 Å². The first-order valence-corrected chi connectivity index (χ1v) is 6.63. The second-order valence-electron chi connectivity index (χ2n) is 6.70. The van der Waals surface area contributed by atoms with E-state index in [0.717, 1.165) is 0 Å². The Labute approximate surface area is 99.8 Å². The fraction of sp³-hybridized carbons (Fsp3) is 0.714. The molecular formula is C14H15NO2. The molecule has 2 spiro atoms. The zero-order chi connectivity index (χ0) is 11.6. The van der Waals surface area contributed by atoms with E-state index >= 15 is 0 Å². The highest BCUT2D eigenvalue weighted by Gasteiger charge is 2.83. The van der Waals surface area contributed by atoms with Crippen molar-refractivity contribution in [3.8, 4) is 0 Å². The molecule has 0 aromatic carbocycles. The number of hydrogen-bond donors (Lipinski definition) is 0. The van der Waals surface area contributed by atoms with Gasteiger partial charge in [0.1, 0.15) is 0 Å². The Bertz CT molecular complexity index is 518. The molecule has 0 aromatic rings. The first-order chi connectivity index (χ1) is 8.12. The van der Waals surface area contributed by atoms with E-state index in [0.29, 0.717) is 17.3 Å². The van der Waals surface area contributed by atoms with Gasteiger partial charge in [0.25, 0.3) is 0 Å². The van der Waals surface area contributed by atoms with Crippen molar-refractivity contribution in [3.63, 3.8) is 0 Å². The van der Waals surface area contributed by atoms with E-state index in [1.807, 2.05) is 0 Å². The molecule has 1 heterocycles. The number of fused-ring (bicyclic) bond motifs is 3. The van der Waals surface area contributed by atoms with Crippen molar-refractivity contribution in [2.24, 2.45) is 34.5 Å². The van der Waals surface area contributed by atoms with Gasteiger partial charge >= 0.3 is 0 Å². The zero-order valence-electron chi connectivity index (χ0n) is 9.85. The van der Waals surface area contributed by atoms with Crippen LogP contribution in [0.1, 0.15) is 19.3 Å². The van der Waals surface area contributed by atoms with Gasteiger partial charge in [-0.2, -0.15) is 0 Å². The van der Waals surface area contributed by atoms with E-state index in [1.165, 1.54) is 24.2 Å². The maximum absolute atomic E-state index is 12.2. The summed E-state index contributed by atoms with van der Waals surface area (Å²) in [5, 5.41) is 0. The quantitative estimate of drug-likeness (QED) is 0.462. The normalized spacial score (nSPS) is 55.2. The van der Waals surface area contributed by atoms with Gasteiger partial charge in [-0.05, 0) is 36.5 Å². The average molecular weight is 229 g/mol. The van der Waals surface area contributed by atoms with Crippen molar-refractivity contribution in [2.75, 3.05) is 7.05 Å². The summed E-state index contributed by atoms with van der Waals surface area (Å²) in [4.78, 5) is 25.8. The van der Waals surface area contributed by atoms with Crippen LogP contribution >= 0.6 is 0 Å². The van der Waals surface area contributed by atoms with Crippen molar-refractivity contribution in [2.45, 2.75) is 19.3 Å². The minimum absolute atomic E-state index is 0.0116. The molecule has 5 unspecified atom stereocenters. The lowest BCUT2D eigenvalue weighted by molar-refractivity contribution is -0.145. The number of amides is 2. The summed E-state index contributed by atoms with van der Waals surface area (Å²) in [7, 11) is 1.65. The number of likely N-dealkylation sites (tertiary alicyclic amines) is 1. The number of carbonyl (C=O) groups is 2. The lowest BCUT2D eigenvalue weighted by atomic mass is 9.43. The van der Waals surface area contributed by atoms with Gasteiger partial charge in [-0.25, -0.2) is 0 Å². The molecule has 0 N–H and O–H groups in total. The van der Waals surface area contributed by atoms with Gasteiger partial charge in [0.05, 0.1) is 11.8 Å². The summed E-state index contributed by atoms with van der Waals surface area (Å²) >= 11 is 0. The van der Waals surface area contributed by atoms with E-state index in [4.69, 9.17) is 0 Å². The summed E-state index contributed by atoms with van der Waals surface area (Å²) in [6.07, 6.45) is 8.39. The molecule has 1 saturated heterocycles. The molecule has 88 valence electrons. The highest BCUT2D eigenvalue weighted by Crippen LogP contribution is 2.86. The van der Waals surface area contributed by atoms with Crippen LogP contribution in [0.4, 0.5) is 0 Å². The molecule has 0 radical (unpaired) electrons. The molecule has 5 rings (SSSR count). The number of hydrogen-bond acceptors (Lipinski definition) is 2. The van der Waals surface area contributed by atoms with Crippen molar-refractivity contribution in [1.29, 1.82) is 0 Å². The number of nitrogens with zero attached hydrogens (tertiary/aromatic N) is 1. The monoisotopic (exact) mass is 229 g/mol. The third-order valence-electron chi connectivity index (χ3n) is 6.57. The first-order valence-electron chi connectivity index (χ1n) is 6.63. The molecule has 4 aliphatic carbocycles. The minimum atomic E-state index is -0.0116. The molecule has 5 aliphatic rings. The van der Waals surface area contributed by atoms with E-state index in [1.54, 1.807) is 7.05 Å². The largest absolute Gasteiger partial charge is 0.285 e. The molecule has 4 fully saturated rings. The van der Waals surface area contributed by atoms with Crippen LogP contribution in [0.3, 0.4) is 0 Å². The van der Waals surface area contributed by atoms with E-state index in [2.05, 4.69) is 12.2 Å². The van der Waals surface area contributed by atoms with Gasteiger partial charge in [0, 0.05) is 12.5 Å². The maximum atomic E-state index is 12.2. The van der Waals surface area contributed by atoms with E-state index in [9.17, 15) is 9.59 Å². The lowest BCUT2D eigenvalue weighted by Crippen LogP contribution is -2.56. The first kappa shape index (κ1) is 8.90. The van der Waals surface area contributed by atoms with Gasteiger partial charge in [0.15, 0.2) is 0 Å². The fourth-order valence-corrected chi connectivity index (χ4v) is 5.64. The Kier molecular flexibility index (Phi) is 1.10. The van der Waals surface area contributed by atoms with Crippen LogP contribution in [0.5, 0.6) is 0 Å². The maximum Gasteiger partial charge on any atom is 0.233 e. The van der Waals surface area contributed by atoms with Gasteiger partial charge in [-0.3, -0.25) is 14.5 Å². The SMILES string of the molecule is CN1C(=O)C2C(C1=O)C1CC3(CC3)C13C=CC23. The number of imide groups is 1. The highest BCUT2D eigenvalue weighted by molar-refractivity contribution is 6.06. The summed E-state index contributed by atoms with van der Waals surface area (Å²) in [5.41, 5.74) is 0.787. The number of rotatable bonds is 0. The Hall–Kier alpha value is -1.12. The standard InChI is InChI=1S/C14H15NO2/c1-15-11(16)9-7-2-3-14(7)8(10(9)12(15)17)6-13(14)4-5-13/h2-3,7-10H,4-6H2,1H3. The Balaban J connectivity index is 1.68. The molecule has 3 nitrogen and oxygen atoms in total. The minimum Gasteiger partial charge on any atom is -0.285 e. The predicted octanol–water partition coefficient (Wildman–Crippen LogP) is 1.20. The average Bonchev–Trinajstić information content (AvgIpc) is 2.98. The van der Waals surface area contributed by atoms with Crippen LogP contribution < -0.4 is 0 Å². The molecule has 3 saturated carbocycles. The Morgan fingerprint density at radius 2 is 1.94 bits per heavy atom. The van der Waals surface area contributed by atoms with Crippen LogP contribution in [0, 0.1) is 34.5 Å². The summed E-state index contributed by atoms with van der Waals surface area (Å²) in [6, 6.07) is 0. The molecule has 3 heteroatoms. The van der Waals surface area contributed by atoms with E-state index in [-0.39, 0.29) is 29.1 Å². The Morgan fingerprint density at radius 1 is 1.24 bits per heavy atom. The topological polar surface area (TPSA) is 37.4 Å². The van der Waals surface area contributed by atoms with Crippen molar-refractivity contribution < 1.29 is 9.59 Å². The van der Waals surface area contributed by atoms with Crippen LogP contribution in [0.15, 0.2) is 12.2 Å². The third-order valence-corrected chi connectivity index (χ3v) is 6.57. The van der Waals surface area contributed by atoms with Crippen LogP contribution in [-0.4, -0.2) is 23.8 Å². The van der Waals surface area contributed by atoms with Gasteiger partial charge < -0.3 is 0 Å². The van der Waals surface area contributed by atoms with E-state index < -0.39 is 0 Å². The number of carbonyl (C=O) groups excluding carboxylic acids is 2. The summed E-state index contributed by atoms with van der Waals surface area (Å²) in [6.45, 7) is 0. The Morgan fingerprint density at radius 3 is 2.53 bits per heavy atom. The van der Waals surface area contributed by atoms with Crippen molar-refractivity contribution in [1.82, 2.24) is 4.90 Å². The molecule has 2 amide bonds. The van der Waals surface area contributed by atoms with Gasteiger partial charge in [-0.1, -0.05) is 12.2 Å². The number of allylic oxidation sites excluding steroid dienone is 2. The van der Waals surface area contributed by atoms with Crippen LogP contribution in [-0.2, 0) is 9.59 Å². The molecule has 17 heavy (non-hydrogen) atoms. The molecule has 1 aliphatic heterocycles. The van der Waals surface area contributed by atoms with Crippen LogP contribution in [0.2, 0.25) is 0 Å². The predicted molar refractivity (Wildman–Crippen MR) is 59.6 cm³/mol. The fourth-order valence-electron chi connectivity index (χ4n) is 5.64. The van der Waals surface area contributed by atoms with Gasteiger partial charge in [-0.15, -0.1) is 0 Å². The zero-order valence-corrected chi connectivity index (χ0v) is 9.85. The highest BCUT2D eigenvalue weighted by atomic mass is 16.2. The summed E-state index contributed by atoms with van der Waals surface area (Å²) in [5.74, 6) is 1.04. The molecule has 0 aromatic heterocycles. The van der Waals surface area contributed by atoms with Crippen molar-refractivity contribution >= 4 is 11.8 Å². The molecular weight excluding hydrogens is 214 g/mol. The lowest BCUT2D eigenvalue weighted by Gasteiger charge is -2.60. The second kappa shape index (κ2) is 2.11. The van der Waals surface area contributed by atoms with Crippen molar-refractivity contribution in [3.05, 3.63) is 12.2 Å². The third kappa shape index (κ3) is 0.605. The molecule has 0 bridgehead atoms. The smallest absolute Gasteiger partial charge is 0.233 e.